The average molecular weight is 262 g/mol. The predicted octanol–water partition coefficient (Wildman–Crippen LogP) is 1.36. The first-order valence-electron chi connectivity index (χ1n) is 5.78. The molecule has 0 saturated carbocycles. The first-order chi connectivity index (χ1) is 8.47. The van der Waals surface area contributed by atoms with Crippen LogP contribution < -0.4 is 0 Å². The van der Waals surface area contributed by atoms with Gasteiger partial charge in [-0.05, 0) is 6.42 Å². The molecule has 0 aliphatic carbocycles. The lowest BCUT2D eigenvalue weighted by Crippen LogP contribution is -2.25. The van der Waals surface area contributed by atoms with Crippen LogP contribution in [0.4, 0.5) is 0 Å². The molecule has 0 rings (SSSR count). The Morgan fingerprint density at radius 2 is 1.78 bits per heavy atom. The molecule has 0 amide bonds. The molecule has 0 aromatic carbocycles. The molecule has 2 N–H and O–H groups in total. The Morgan fingerprint density at radius 3 is 2.28 bits per heavy atom. The molecule has 0 aliphatic rings. The fourth-order valence-corrected chi connectivity index (χ4v) is 1.15. The van der Waals surface area contributed by atoms with Crippen molar-refractivity contribution >= 4 is 17.9 Å². The lowest BCUT2D eigenvalue weighted by atomic mass is 10.1. The Morgan fingerprint density at radius 1 is 1.11 bits per heavy atom. The van der Waals surface area contributed by atoms with Crippen molar-refractivity contribution in [2.45, 2.75) is 51.6 Å². The van der Waals surface area contributed by atoms with Gasteiger partial charge >= 0.3 is 17.9 Å². The van der Waals surface area contributed by atoms with Crippen LogP contribution >= 0.6 is 0 Å². The minimum atomic E-state index is -1.21. The summed E-state index contributed by atoms with van der Waals surface area (Å²) < 4.78 is 0. The van der Waals surface area contributed by atoms with E-state index >= 15 is 0 Å². The van der Waals surface area contributed by atoms with Crippen molar-refractivity contribution in [3.8, 4) is 0 Å². The van der Waals surface area contributed by atoms with Crippen molar-refractivity contribution in [3.63, 3.8) is 0 Å². The summed E-state index contributed by atoms with van der Waals surface area (Å²) in [6.07, 6.45) is 0.762. The number of aliphatic carboxylic acids is 2. The third-order valence-corrected chi connectivity index (χ3v) is 2.15. The normalized spacial score (nSPS) is 11.8. The van der Waals surface area contributed by atoms with Gasteiger partial charge in [-0.25, -0.2) is 9.59 Å². The third kappa shape index (κ3) is 8.51. The number of carboxylic acids is 2. The van der Waals surface area contributed by atoms with Crippen LogP contribution in [-0.4, -0.2) is 34.2 Å². The lowest BCUT2D eigenvalue weighted by molar-refractivity contribution is -0.296. The minimum Gasteiger partial charge on any atom is -0.481 e. The summed E-state index contributed by atoms with van der Waals surface area (Å²) in [5.74, 6) is -3.24. The highest BCUT2D eigenvalue weighted by atomic mass is 17.2. The smallest absolute Gasteiger partial charge is 0.342 e. The second-order valence-electron chi connectivity index (χ2n) is 3.77. The van der Waals surface area contributed by atoms with E-state index in [-0.39, 0.29) is 19.3 Å². The number of hydrogen-bond acceptors (Lipinski definition) is 5. The number of carbonyl (C=O) groups is 3. The molecule has 1 atom stereocenters. The van der Waals surface area contributed by atoms with E-state index in [1.165, 1.54) is 0 Å². The first-order valence-corrected chi connectivity index (χ1v) is 5.78. The molecule has 0 bridgehead atoms. The van der Waals surface area contributed by atoms with Crippen LogP contribution in [0.3, 0.4) is 0 Å². The van der Waals surface area contributed by atoms with Gasteiger partial charge in [0.2, 0.25) is 6.10 Å². The summed E-state index contributed by atoms with van der Waals surface area (Å²) in [7, 11) is 0. The Kier molecular flexibility index (Phi) is 8.55. The SMILES string of the molecule is CCCCCC(OOC(=O)CCC(=O)O)C(=O)O. The zero-order valence-corrected chi connectivity index (χ0v) is 10.3. The van der Waals surface area contributed by atoms with Crippen LogP contribution in [0.25, 0.3) is 0 Å². The maximum absolute atomic E-state index is 11.0. The van der Waals surface area contributed by atoms with Crippen molar-refractivity contribution in [1.82, 2.24) is 0 Å². The molecule has 0 aromatic rings. The van der Waals surface area contributed by atoms with Gasteiger partial charge in [-0.15, -0.1) is 0 Å². The molecule has 0 aliphatic heterocycles. The molecule has 7 nitrogen and oxygen atoms in total. The maximum atomic E-state index is 11.0. The maximum Gasteiger partial charge on any atom is 0.342 e. The highest BCUT2D eigenvalue weighted by molar-refractivity contribution is 5.76. The number of rotatable bonds is 10. The predicted molar refractivity (Wildman–Crippen MR) is 59.6 cm³/mol. The summed E-state index contributed by atoms with van der Waals surface area (Å²) in [6.45, 7) is 1.97. The number of hydrogen-bond donors (Lipinski definition) is 2. The molecule has 0 saturated heterocycles. The van der Waals surface area contributed by atoms with Gasteiger partial charge in [0.05, 0.1) is 12.8 Å². The van der Waals surface area contributed by atoms with E-state index in [4.69, 9.17) is 10.2 Å². The van der Waals surface area contributed by atoms with Gasteiger partial charge in [-0.1, -0.05) is 26.2 Å². The first kappa shape index (κ1) is 16.4. The summed E-state index contributed by atoms with van der Waals surface area (Å²) in [5, 5.41) is 17.1. The average Bonchev–Trinajstić information content (AvgIpc) is 2.30. The second-order valence-corrected chi connectivity index (χ2v) is 3.77. The number of carbonyl (C=O) groups excluding carboxylic acids is 1. The van der Waals surface area contributed by atoms with Crippen LogP contribution in [0.1, 0.15) is 45.4 Å². The molecule has 104 valence electrons. The van der Waals surface area contributed by atoms with E-state index in [1.807, 2.05) is 6.92 Å². The van der Waals surface area contributed by atoms with Crippen molar-refractivity contribution in [2.24, 2.45) is 0 Å². The molecule has 18 heavy (non-hydrogen) atoms. The number of unbranched alkanes of at least 4 members (excludes halogenated alkanes) is 2. The number of carboxylic acid groups (broad SMARTS) is 2. The van der Waals surface area contributed by atoms with E-state index in [9.17, 15) is 14.4 Å². The van der Waals surface area contributed by atoms with Gasteiger partial charge in [-0.3, -0.25) is 9.68 Å². The summed E-state index contributed by atoms with van der Waals surface area (Å²) in [5.41, 5.74) is 0. The van der Waals surface area contributed by atoms with Gasteiger partial charge in [0, 0.05) is 0 Å². The van der Waals surface area contributed by atoms with E-state index < -0.39 is 24.0 Å². The molecule has 0 spiro atoms. The zero-order valence-electron chi connectivity index (χ0n) is 10.3. The van der Waals surface area contributed by atoms with E-state index in [0.29, 0.717) is 6.42 Å². The van der Waals surface area contributed by atoms with Crippen molar-refractivity contribution in [3.05, 3.63) is 0 Å². The van der Waals surface area contributed by atoms with Crippen molar-refractivity contribution < 1.29 is 34.4 Å². The van der Waals surface area contributed by atoms with E-state index in [2.05, 4.69) is 9.78 Å². The molecule has 0 radical (unpaired) electrons. The minimum absolute atomic E-state index is 0.245. The Labute approximate surface area is 105 Å². The highest BCUT2D eigenvalue weighted by Crippen LogP contribution is 2.08. The molecule has 0 aromatic heterocycles. The lowest BCUT2D eigenvalue weighted by Gasteiger charge is -2.11. The van der Waals surface area contributed by atoms with Crippen LogP contribution in [0.15, 0.2) is 0 Å². The topological polar surface area (TPSA) is 110 Å². The fraction of sp³-hybridized carbons (Fsp3) is 0.727. The van der Waals surface area contributed by atoms with Gasteiger partial charge in [0.15, 0.2) is 0 Å². The fourth-order valence-electron chi connectivity index (χ4n) is 1.15. The van der Waals surface area contributed by atoms with Crippen LogP contribution in [0.5, 0.6) is 0 Å². The van der Waals surface area contributed by atoms with Crippen LogP contribution in [-0.2, 0) is 24.2 Å². The zero-order chi connectivity index (χ0) is 14.0. The molecule has 0 heterocycles. The molecular formula is C11H18O7. The van der Waals surface area contributed by atoms with Gasteiger partial charge < -0.3 is 10.2 Å². The summed E-state index contributed by atoms with van der Waals surface area (Å²) >= 11 is 0. The van der Waals surface area contributed by atoms with Crippen LogP contribution in [0.2, 0.25) is 0 Å². The van der Waals surface area contributed by atoms with Crippen LogP contribution in [0, 0.1) is 0 Å². The van der Waals surface area contributed by atoms with Gasteiger partial charge in [-0.2, -0.15) is 4.89 Å². The summed E-state index contributed by atoms with van der Waals surface area (Å²) in [4.78, 5) is 40.7. The Balaban J connectivity index is 3.91. The Hall–Kier alpha value is -1.63. The van der Waals surface area contributed by atoms with Crippen molar-refractivity contribution in [1.29, 1.82) is 0 Å². The Bertz CT molecular complexity index is 287. The van der Waals surface area contributed by atoms with E-state index in [0.717, 1.165) is 12.8 Å². The standard InChI is InChI=1S/C11H18O7/c1-2-3-4-5-8(11(15)16)17-18-10(14)7-6-9(12)13/h8H,2-7H2,1H3,(H,12,13)(H,15,16). The van der Waals surface area contributed by atoms with Crippen molar-refractivity contribution in [2.75, 3.05) is 0 Å². The molecule has 0 fully saturated rings. The second kappa shape index (κ2) is 9.41. The largest absolute Gasteiger partial charge is 0.481 e. The third-order valence-electron chi connectivity index (χ3n) is 2.15. The van der Waals surface area contributed by atoms with E-state index in [1.54, 1.807) is 0 Å². The molecule has 1 unspecified atom stereocenters. The molecule has 7 heteroatoms. The van der Waals surface area contributed by atoms with Gasteiger partial charge in [0.25, 0.3) is 0 Å². The summed E-state index contributed by atoms with van der Waals surface area (Å²) in [6, 6.07) is 0. The monoisotopic (exact) mass is 262 g/mol. The van der Waals surface area contributed by atoms with Gasteiger partial charge in [0.1, 0.15) is 0 Å². The molecular weight excluding hydrogens is 244 g/mol. The highest BCUT2D eigenvalue weighted by Gasteiger charge is 2.21. The quantitative estimate of drug-likeness (QED) is 0.347.